The average Bonchev–Trinajstić information content (AvgIpc) is 2.17. The van der Waals surface area contributed by atoms with Crippen molar-refractivity contribution >= 4 is 5.78 Å². The normalized spacial score (nSPS) is 27.9. The molecule has 2 nitrogen and oxygen atoms in total. The van der Waals surface area contributed by atoms with Crippen LogP contribution in [0.2, 0.25) is 0 Å². The van der Waals surface area contributed by atoms with Gasteiger partial charge in [0.1, 0.15) is 5.78 Å². The Hall–Kier alpha value is -0.370. The maximum Gasteiger partial charge on any atom is 0.129 e. The van der Waals surface area contributed by atoms with E-state index in [1.807, 2.05) is 0 Å². The van der Waals surface area contributed by atoms with E-state index in [1.165, 1.54) is 32.4 Å². The van der Waals surface area contributed by atoms with Crippen LogP contribution in [0.5, 0.6) is 0 Å². The summed E-state index contributed by atoms with van der Waals surface area (Å²) in [5, 5.41) is 0. The smallest absolute Gasteiger partial charge is 0.129 e. The molecule has 0 bridgehead atoms. The van der Waals surface area contributed by atoms with E-state index in [0.717, 1.165) is 24.8 Å². The lowest BCUT2D eigenvalue weighted by Gasteiger charge is -2.36. The second-order valence-electron chi connectivity index (χ2n) is 5.19. The van der Waals surface area contributed by atoms with Crippen LogP contribution in [0, 0.1) is 5.92 Å². The molecule has 0 aromatic carbocycles. The molecule has 88 valence electrons. The van der Waals surface area contributed by atoms with Crippen LogP contribution in [0.4, 0.5) is 0 Å². The number of nitrogens with zero attached hydrogens (tertiary/aromatic N) is 1. The van der Waals surface area contributed by atoms with E-state index in [2.05, 4.69) is 18.7 Å². The third-order valence-corrected chi connectivity index (χ3v) is 3.47. The van der Waals surface area contributed by atoms with Gasteiger partial charge in [0.2, 0.25) is 0 Å². The topological polar surface area (TPSA) is 20.3 Å². The Morgan fingerprint density at radius 2 is 2.00 bits per heavy atom. The quantitative estimate of drug-likeness (QED) is 0.652. The van der Waals surface area contributed by atoms with Crippen molar-refractivity contribution in [3.8, 4) is 0 Å². The fourth-order valence-electron chi connectivity index (χ4n) is 2.38. The van der Waals surface area contributed by atoms with Crippen molar-refractivity contribution in [2.24, 2.45) is 5.92 Å². The van der Waals surface area contributed by atoms with E-state index in [9.17, 15) is 4.79 Å². The van der Waals surface area contributed by atoms with Gasteiger partial charge in [-0.25, -0.2) is 0 Å². The van der Waals surface area contributed by atoms with Gasteiger partial charge in [0.05, 0.1) is 0 Å². The molecule has 2 unspecified atom stereocenters. The Bertz CT molecular complexity index is 203. The molecule has 0 aromatic heterocycles. The van der Waals surface area contributed by atoms with E-state index in [1.54, 1.807) is 6.92 Å². The number of likely N-dealkylation sites (tertiary alicyclic amines) is 1. The lowest BCUT2D eigenvalue weighted by molar-refractivity contribution is -0.117. The van der Waals surface area contributed by atoms with Crippen molar-refractivity contribution in [3.05, 3.63) is 0 Å². The number of rotatable bonds is 5. The number of unbranched alkanes of at least 4 members (excludes halogenated alkanes) is 1. The number of piperidine rings is 1. The first-order valence-electron chi connectivity index (χ1n) is 6.33. The number of carbonyl (C=O) groups is 1. The number of carbonyl (C=O) groups excluding carboxylic acids is 1. The number of hydrogen-bond donors (Lipinski definition) is 0. The summed E-state index contributed by atoms with van der Waals surface area (Å²) in [5.41, 5.74) is 0. The maximum atomic E-state index is 10.8. The fourth-order valence-corrected chi connectivity index (χ4v) is 2.38. The molecule has 0 aromatic rings. The summed E-state index contributed by atoms with van der Waals surface area (Å²) >= 11 is 0. The predicted molar refractivity (Wildman–Crippen MR) is 64.0 cm³/mol. The Kier molecular flexibility index (Phi) is 5.30. The van der Waals surface area contributed by atoms with E-state index in [0.29, 0.717) is 5.78 Å². The molecule has 15 heavy (non-hydrogen) atoms. The van der Waals surface area contributed by atoms with Crippen LogP contribution in [0.25, 0.3) is 0 Å². The summed E-state index contributed by atoms with van der Waals surface area (Å²) in [4.78, 5) is 13.4. The first-order valence-corrected chi connectivity index (χ1v) is 6.33. The summed E-state index contributed by atoms with van der Waals surface area (Å²) in [6, 6.07) is 0.749. The molecule has 0 saturated carbocycles. The first kappa shape index (κ1) is 12.7. The molecule has 2 atom stereocenters. The molecule has 0 N–H and O–H groups in total. The summed E-state index contributed by atoms with van der Waals surface area (Å²) in [6.07, 6.45) is 5.72. The standard InChI is InChI=1S/C13H25NO/c1-11-7-8-12(2)14(10-11)9-5-4-6-13(3)15/h11-12H,4-10H2,1-3H3. The molecule has 1 heterocycles. The van der Waals surface area contributed by atoms with Crippen molar-refractivity contribution in [2.75, 3.05) is 13.1 Å². The second-order valence-corrected chi connectivity index (χ2v) is 5.19. The van der Waals surface area contributed by atoms with Crippen molar-refractivity contribution in [3.63, 3.8) is 0 Å². The molecular formula is C13H25NO. The van der Waals surface area contributed by atoms with E-state index in [-0.39, 0.29) is 0 Å². The first-order chi connectivity index (χ1) is 7.09. The Labute approximate surface area is 94.0 Å². The van der Waals surface area contributed by atoms with Crippen molar-refractivity contribution < 1.29 is 4.79 Å². The van der Waals surface area contributed by atoms with Crippen LogP contribution in [0.1, 0.15) is 52.9 Å². The molecule has 1 fully saturated rings. The van der Waals surface area contributed by atoms with Crippen molar-refractivity contribution in [1.82, 2.24) is 4.90 Å². The molecule has 0 aliphatic carbocycles. The van der Waals surface area contributed by atoms with Crippen molar-refractivity contribution in [2.45, 2.75) is 58.9 Å². The predicted octanol–water partition coefficient (Wildman–Crippen LogP) is 2.87. The van der Waals surface area contributed by atoms with Gasteiger partial charge < -0.3 is 9.69 Å². The highest BCUT2D eigenvalue weighted by molar-refractivity contribution is 5.75. The van der Waals surface area contributed by atoms with Crippen LogP contribution in [0.15, 0.2) is 0 Å². The number of ketones is 1. The van der Waals surface area contributed by atoms with E-state index >= 15 is 0 Å². The van der Waals surface area contributed by atoms with Gasteiger partial charge in [0.25, 0.3) is 0 Å². The summed E-state index contributed by atoms with van der Waals surface area (Å²) in [5.74, 6) is 1.18. The Morgan fingerprint density at radius 3 is 2.67 bits per heavy atom. The number of Topliss-reactive ketones (excluding diaryl/α,β-unsaturated/α-hetero) is 1. The Morgan fingerprint density at radius 1 is 1.27 bits per heavy atom. The van der Waals surface area contributed by atoms with Gasteiger partial charge in [0.15, 0.2) is 0 Å². The monoisotopic (exact) mass is 211 g/mol. The zero-order valence-corrected chi connectivity index (χ0v) is 10.5. The largest absolute Gasteiger partial charge is 0.300 e. The minimum Gasteiger partial charge on any atom is -0.300 e. The molecular weight excluding hydrogens is 186 g/mol. The third kappa shape index (κ3) is 4.78. The van der Waals surface area contributed by atoms with Crippen LogP contribution >= 0.6 is 0 Å². The van der Waals surface area contributed by atoms with Crippen LogP contribution in [-0.4, -0.2) is 29.8 Å². The lowest BCUT2D eigenvalue weighted by atomic mass is 9.95. The highest BCUT2D eigenvalue weighted by Gasteiger charge is 2.21. The van der Waals surface area contributed by atoms with Gasteiger partial charge >= 0.3 is 0 Å². The second kappa shape index (κ2) is 6.26. The summed E-state index contributed by atoms with van der Waals surface area (Å²) < 4.78 is 0. The van der Waals surface area contributed by atoms with Gasteiger partial charge in [0, 0.05) is 19.0 Å². The molecule has 0 spiro atoms. The Balaban J connectivity index is 2.16. The van der Waals surface area contributed by atoms with Crippen LogP contribution in [0.3, 0.4) is 0 Å². The molecule has 0 radical (unpaired) electrons. The zero-order chi connectivity index (χ0) is 11.3. The zero-order valence-electron chi connectivity index (χ0n) is 10.5. The van der Waals surface area contributed by atoms with Gasteiger partial charge in [-0.2, -0.15) is 0 Å². The van der Waals surface area contributed by atoms with Crippen molar-refractivity contribution in [1.29, 1.82) is 0 Å². The SMILES string of the molecule is CC(=O)CCCCN1CC(C)CCC1C. The van der Waals surface area contributed by atoms with Gasteiger partial charge in [-0.3, -0.25) is 0 Å². The third-order valence-electron chi connectivity index (χ3n) is 3.47. The van der Waals surface area contributed by atoms with Crippen LogP contribution < -0.4 is 0 Å². The highest BCUT2D eigenvalue weighted by atomic mass is 16.1. The molecule has 0 amide bonds. The molecule has 1 aliphatic rings. The number of hydrogen-bond acceptors (Lipinski definition) is 2. The molecule has 1 aliphatic heterocycles. The van der Waals surface area contributed by atoms with E-state index < -0.39 is 0 Å². The van der Waals surface area contributed by atoms with Gasteiger partial charge in [-0.05, 0) is 52.0 Å². The van der Waals surface area contributed by atoms with Gasteiger partial charge in [-0.15, -0.1) is 0 Å². The molecule has 1 rings (SSSR count). The fraction of sp³-hybridized carbons (Fsp3) is 0.923. The van der Waals surface area contributed by atoms with Gasteiger partial charge in [-0.1, -0.05) is 6.92 Å². The average molecular weight is 211 g/mol. The maximum absolute atomic E-state index is 10.8. The minimum absolute atomic E-state index is 0.329. The summed E-state index contributed by atoms with van der Waals surface area (Å²) in [7, 11) is 0. The molecule has 1 saturated heterocycles. The lowest BCUT2D eigenvalue weighted by Crippen LogP contribution is -2.41. The molecule has 2 heteroatoms. The van der Waals surface area contributed by atoms with Crippen LogP contribution in [-0.2, 0) is 4.79 Å². The highest BCUT2D eigenvalue weighted by Crippen LogP contribution is 2.21. The van der Waals surface area contributed by atoms with E-state index in [4.69, 9.17) is 0 Å². The summed E-state index contributed by atoms with van der Waals surface area (Å²) in [6.45, 7) is 8.79. The minimum atomic E-state index is 0.329.